The second-order valence-corrected chi connectivity index (χ2v) is 9.12. The van der Waals surface area contributed by atoms with E-state index >= 15 is 0 Å². The minimum absolute atomic E-state index is 0.0115. The van der Waals surface area contributed by atoms with Crippen LogP contribution in [0.4, 0.5) is 10.8 Å². The molecule has 0 spiro atoms. The van der Waals surface area contributed by atoms with E-state index in [9.17, 15) is 61.0 Å². The number of benzene rings is 2. The molecule has 3 rings (SSSR count). The molecule has 0 radical (unpaired) electrons. The van der Waals surface area contributed by atoms with E-state index in [0.29, 0.717) is 0 Å². The number of carbonyl (C=O) groups is 1. The van der Waals surface area contributed by atoms with Crippen LogP contribution in [0.15, 0.2) is 29.6 Å². The lowest BCUT2D eigenvalue weighted by atomic mass is 10.0. The average molecular weight is 557 g/mol. The fourth-order valence-corrected chi connectivity index (χ4v) is 3.93. The zero-order valence-corrected chi connectivity index (χ0v) is 19.9. The highest BCUT2D eigenvalue weighted by atomic mass is 32.1. The van der Waals surface area contributed by atoms with E-state index in [2.05, 4.69) is 10.3 Å². The van der Waals surface area contributed by atoms with Gasteiger partial charge in [0.05, 0.1) is 5.56 Å². The number of nitrogens with zero attached hydrogens (tertiary/aromatic N) is 1. The van der Waals surface area contributed by atoms with Gasteiger partial charge in [-0.15, -0.1) is 11.3 Å². The second-order valence-electron chi connectivity index (χ2n) is 8.23. The zero-order chi connectivity index (χ0) is 28.6. The first-order valence-corrected chi connectivity index (χ1v) is 11.2. The Hall–Kier alpha value is -3.94. The predicted octanol–water partition coefficient (Wildman–Crippen LogP) is -2.32. The molecule has 15 N–H and O–H groups in total. The average Bonchev–Trinajstić information content (AvgIpc) is 3.26. The van der Waals surface area contributed by atoms with Crippen molar-refractivity contribution in [1.29, 1.82) is 0 Å². The summed E-state index contributed by atoms with van der Waals surface area (Å²) in [6, 6.07) is 5.08. The van der Waals surface area contributed by atoms with Crippen molar-refractivity contribution in [2.45, 2.75) is 30.5 Å². The molecule has 0 saturated heterocycles. The number of aromatic nitrogens is 1. The SMILES string of the molecule is Nc1nc(C(O)(O)C(=O)Nc2ccc(CC(O)(O)NC(O)(O)Cc3c(O)c(O)c(O)c(O)c3O)cc2)cs1. The molecule has 0 bridgehead atoms. The van der Waals surface area contributed by atoms with Crippen LogP contribution in [0.5, 0.6) is 28.7 Å². The van der Waals surface area contributed by atoms with Crippen LogP contribution >= 0.6 is 11.3 Å². The van der Waals surface area contributed by atoms with Gasteiger partial charge < -0.3 is 67.2 Å². The number of nitrogens with two attached hydrogens (primary N) is 1. The molecule has 38 heavy (non-hydrogen) atoms. The molecule has 17 heteroatoms. The van der Waals surface area contributed by atoms with Crippen LogP contribution in [-0.2, 0) is 23.4 Å². The Balaban J connectivity index is 1.67. The van der Waals surface area contributed by atoms with Gasteiger partial charge in [0.25, 0.3) is 11.7 Å². The predicted molar refractivity (Wildman–Crippen MR) is 127 cm³/mol. The Bertz CT molecular complexity index is 1310. The molecule has 1 heterocycles. The number of hydrogen-bond acceptors (Lipinski definition) is 16. The van der Waals surface area contributed by atoms with Crippen molar-refractivity contribution in [3.05, 3.63) is 46.5 Å². The number of nitrogens with one attached hydrogen (secondary N) is 2. The van der Waals surface area contributed by atoms with Crippen LogP contribution < -0.4 is 16.4 Å². The highest BCUT2D eigenvalue weighted by Crippen LogP contribution is 2.51. The van der Waals surface area contributed by atoms with Crippen molar-refractivity contribution in [2.75, 3.05) is 11.1 Å². The van der Waals surface area contributed by atoms with Gasteiger partial charge in [-0.1, -0.05) is 12.1 Å². The maximum atomic E-state index is 12.3. The minimum atomic E-state index is -3.26. The molecule has 0 aliphatic heterocycles. The first kappa shape index (κ1) is 28.6. The molecule has 0 fully saturated rings. The number of amides is 1. The summed E-state index contributed by atoms with van der Waals surface area (Å²) in [6.45, 7) is 0. The lowest BCUT2D eigenvalue weighted by molar-refractivity contribution is -0.284. The summed E-state index contributed by atoms with van der Waals surface area (Å²) in [5, 5.41) is 114. The van der Waals surface area contributed by atoms with E-state index in [1.54, 1.807) is 5.32 Å². The number of aliphatic hydroxyl groups is 6. The molecule has 0 aliphatic rings. The van der Waals surface area contributed by atoms with Crippen molar-refractivity contribution in [3.8, 4) is 28.7 Å². The number of anilines is 2. The molecule has 16 nitrogen and oxygen atoms in total. The summed E-state index contributed by atoms with van der Waals surface area (Å²) in [5.41, 5.74) is 4.42. The van der Waals surface area contributed by atoms with Crippen LogP contribution in [0.3, 0.4) is 0 Å². The van der Waals surface area contributed by atoms with E-state index in [-0.39, 0.29) is 22.1 Å². The normalized spacial score (nSPS) is 12.5. The van der Waals surface area contributed by atoms with Crippen molar-refractivity contribution < 1.29 is 61.0 Å². The van der Waals surface area contributed by atoms with Gasteiger partial charge in [0, 0.05) is 23.9 Å². The van der Waals surface area contributed by atoms with Crippen molar-refractivity contribution in [2.24, 2.45) is 0 Å². The molecule has 0 atom stereocenters. The van der Waals surface area contributed by atoms with E-state index in [1.165, 1.54) is 29.6 Å². The topological polar surface area (TPSA) is 303 Å². The Labute approximate surface area is 216 Å². The summed E-state index contributed by atoms with van der Waals surface area (Å²) < 4.78 is 0. The van der Waals surface area contributed by atoms with E-state index in [1.807, 2.05) is 0 Å². The van der Waals surface area contributed by atoms with E-state index < -0.39 is 70.7 Å². The maximum absolute atomic E-state index is 12.3. The maximum Gasteiger partial charge on any atom is 0.291 e. The van der Waals surface area contributed by atoms with Crippen molar-refractivity contribution in [1.82, 2.24) is 10.3 Å². The zero-order valence-electron chi connectivity index (χ0n) is 19.1. The van der Waals surface area contributed by atoms with Gasteiger partial charge in [-0.3, -0.25) is 4.79 Å². The Morgan fingerprint density at radius 1 is 0.816 bits per heavy atom. The monoisotopic (exact) mass is 556 g/mol. The number of thiazole rings is 1. The number of phenolic OH excluding ortho intramolecular Hbond substituents is 5. The van der Waals surface area contributed by atoms with Gasteiger partial charge >= 0.3 is 0 Å². The third-order valence-electron chi connectivity index (χ3n) is 5.15. The quantitative estimate of drug-likeness (QED) is 0.0747. The fraction of sp³-hybridized carbons (Fsp3) is 0.238. The standard InChI is InChI=1S/C21H24N4O12S/c22-18-24-11(7-38-18)21(36,37)17(31)23-9-3-1-8(2-4-9)5-19(32,33)25-20(34,35)6-10-12(26)14(28)16(30)15(29)13(10)27/h1-4,7,25-30,32-37H,5-6H2,(H2,22,24)(H,23,31). The highest BCUT2D eigenvalue weighted by Gasteiger charge is 2.39. The summed E-state index contributed by atoms with van der Waals surface area (Å²) in [6.07, 6.45) is -1.91. The summed E-state index contributed by atoms with van der Waals surface area (Å²) in [7, 11) is 0. The molecule has 0 unspecified atom stereocenters. The van der Waals surface area contributed by atoms with Gasteiger partial charge in [0.2, 0.25) is 29.1 Å². The number of hydrogen-bond donors (Lipinski definition) is 14. The van der Waals surface area contributed by atoms with Crippen LogP contribution in [-0.4, -0.2) is 78.9 Å². The van der Waals surface area contributed by atoms with Gasteiger partial charge in [-0.2, -0.15) is 0 Å². The molecule has 2 aromatic carbocycles. The van der Waals surface area contributed by atoms with E-state index in [4.69, 9.17) is 5.73 Å². The smallest absolute Gasteiger partial charge is 0.291 e. The Morgan fingerprint density at radius 3 is 1.82 bits per heavy atom. The van der Waals surface area contributed by atoms with E-state index in [0.717, 1.165) is 11.3 Å². The third-order valence-corrected chi connectivity index (χ3v) is 5.82. The lowest BCUT2D eigenvalue weighted by Gasteiger charge is -2.32. The first-order valence-electron chi connectivity index (χ1n) is 10.4. The minimum Gasteiger partial charge on any atom is -0.504 e. The van der Waals surface area contributed by atoms with Crippen molar-refractivity contribution >= 4 is 28.1 Å². The van der Waals surface area contributed by atoms with Gasteiger partial charge in [0.15, 0.2) is 16.6 Å². The Morgan fingerprint density at radius 2 is 1.32 bits per heavy atom. The van der Waals surface area contributed by atoms with Gasteiger partial charge in [-0.25, -0.2) is 10.3 Å². The number of rotatable bonds is 9. The summed E-state index contributed by atoms with van der Waals surface area (Å²) in [4.78, 5) is 15.9. The molecule has 0 saturated carbocycles. The molecular weight excluding hydrogens is 532 g/mol. The van der Waals surface area contributed by atoms with Crippen LogP contribution in [0.25, 0.3) is 0 Å². The van der Waals surface area contributed by atoms with Crippen molar-refractivity contribution in [3.63, 3.8) is 0 Å². The van der Waals surface area contributed by atoms with Crippen LogP contribution in [0.1, 0.15) is 16.8 Å². The summed E-state index contributed by atoms with van der Waals surface area (Å²) >= 11 is 0.890. The number of carbonyl (C=O) groups excluding carboxylic acids is 1. The fourth-order valence-electron chi connectivity index (χ4n) is 3.33. The summed E-state index contributed by atoms with van der Waals surface area (Å²) in [5.74, 6) is -16.8. The van der Waals surface area contributed by atoms with Gasteiger partial charge in [-0.05, 0) is 17.7 Å². The number of nitrogen functional groups attached to an aromatic ring is 1. The highest BCUT2D eigenvalue weighted by molar-refractivity contribution is 7.13. The molecule has 1 aromatic heterocycles. The molecule has 3 aromatic rings. The number of aromatic hydroxyl groups is 5. The van der Waals surface area contributed by atoms with Crippen LogP contribution in [0.2, 0.25) is 0 Å². The van der Waals surface area contributed by atoms with Gasteiger partial charge in [0.1, 0.15) is 5.69 Å². The number of phenols is 5. The lowest BCUT2D eigenvalue weighted by Crippen LogP contribution is -2.60. The Kier molecular flexibility index (Phi) is 7.59. The molecule has 0 aliphatic carbocycles. The molecule has 206 valence electrons. The largest absolute Gasteiger partial charge is 0.504 e. The molecular formula is C21H24N4O12S. The first-order chi connectivity index (χ1) is 17.4. The second kappa shape index (κ2) is 10.1. The third kappa shape index (κ3) is 6.13. The van der Waals surface area contributed by atoms with Crippen LogP contribution in [0, 0.1) is 0 Å². The molecule has 1 amide bonds.